The molecular formula is C12H18N4O3. The van der Waals surface area contributed by atoms with E-state index in [0.29, 0.717) is 13.1 Å². The van der Waals surface area contributed by atoms with Gasteiger partial charge >= 0.3 is 12.0 Å². The van der Waals surface area contributed by atoms with E-state index in [-0.39, 0.29) is 18.5 Å². The molecule has 2 rings (SSSR count). The van der Waals surface area contributed by atoms with Crippen LogP contribution < -0.4 is 5.32 Å². The van der Waals surface area contributed by atoms with Gasteiger partial charge in [0.05, 0.1) is 18.2 Å². The van der Waals surface area contributed by atoms with Crippen molar-refractivity contribution in [1.82, 2.24) is 20.0 Å². The fourth-order valence-corrected chi connectivity index (χ4v) is 2.31. The molecule has 7 heteroatoms. The van der Waals surface area contributed by atoms with Gasteiger partial charge in [-0.2, -0.15) is 5.10 Å². The first-order chi connectivity index (χ1) is 8.99. The maximum absolute atomic E-state index is 12.0. The number of urea groups is 1. The van der Waals surface area contributed by atoms with Crippen LogP contribution >= 0.6 is 0 Å². The minimum atomic E-state index is -0.838. The number of hydrogen-bond donors (Lipinski definition) is 2. The molecule has 2 amide bonds. The van der Waals surface area contributed by atoms with Crippen LogP contribution in [0.15, 0.2) is 12.3 Å². The number of nitrogens with zero attached hydrogens (tertiary/aromatic N) is 3. The normalized spacial score (nSPS) is 22.5. The zero-order chi connectivity index (χ0) is 14.0. The summed E-state index contributed by atoms with van der Waals surface area (Å²) in [5.74, 6) is -1.32. The molecule has 2 N–H and O–H groups in total. The highest BCUT2D eigenvalue weighted by Gasteiger charge is 2.36. The van der Waals surface area contributed by atoms with E-state index in [0.717, 1.165) is 5.69 Å². The smallest absolute Gasteiger partial charge is 0.317 e. The van der Waals surface area contributed by atoms with Gasteiger partial charge in [-0.05, 0) is 12.0 Å². The van der Waals surface area contributed by atoms with E-state index >= 15 is 0 Å². The van der Waals surface area contributed by atoms with Gasteiger partial charge in [0.2, 0.25) is 0 Å². The molecule has 0 aliphatic carbocycles. The lowest BCUT2D eigenvalue weighted by Gasteiger charge is -2.16. The van der Waals surface area contributed by atoms with Gasteiger partial charge in [0.1, 0.15) is 0 Å². The summed E-state index contributed by atoms with van der Waals surface area (Å²) in [6.07, 6.45) is 1.67. The summed E-state index contributed by atoms with van der Waals surface area (Å²) in [4.78, 5) is 24.5. The van der Waals surface area contributed by atoms with E-state index in [1.165, 1.54) is 0 Å². The molecule has 0 radical (unpaired) electrons. The molecule has 19 heavy (non-hydrogen) atoms. The number of aryl methyl sites for hydroxylation is 1. The molecule has 0 unspecified atom stereocenters. The third kappa shape index (κ3) is 2.86. The van der Waals surface area contributed by atoms with Crippen molar-refractivity contribution in [3.63, 3.8) is 0 Å². The lowest BCUT2D eigenvalue weighted by atomic mass is 9.99. The van der Waals surface area contributed by atoms with Gasteiger partial charge in [0.15, 0.2) is 0 Å². The molecule has 1 fully saturated rings. The van der Waals surface area contributed by atoms with E-state index in [1.807, 2.05) is 13.0 Å². The van der Waals surface area contributed by atoms with Crippen molar-refractivity contribution in [2.24, 2.45) is 18.9 Å². The zero-order valence-corrected chi connectivity index (χ0v) is 11.0. The van der Waals surface area contributed by atoms with Crippen molar-refractivity contribution < 1.29 is 14.7 Å². The standard InChI is InChI=1S/C12H18N4O3/c1-8-6-16(7-10(8)11(17)18)12(19)13-5-9-3-4-14-15(9)2/h3-4,8,10H,5-7H2,1-2H3,(H,13,19)(H,17,18)/t8-,10-/m1/s1. The van der Waals surface area contributed by atoms with Gasteiger partial charge in [-0.25, -0.2) is 4.79 Å². The molecule has 0 spiro atoms. The fourth-order valence-electron chi connectivity index (χ4n) is 2.31. The van der Waals surface area contributed by atoms with Gasteiger partial charge in [0, 0.05) is 26.3 Å². The Labute approximate surface area is 111 Å². The summed E-state index contributed by atoms with van der Waals surface area (Å²) in [6.45, 7) is 2.99. The van der Waals surface area contributed by atoms with Crippen molar-refractivity contribution >= 4 is 12.0 Å². The van der Waals surface area contributed by atoms with Crippen molar-refractivity contribution in [2.75, 3.05) is 13.1 Å². The molecule has 1 aromatic heterocycles. The minimum absolute atomic E-state index is 0.0139. The molecule has 7 nitrogen and oxygen atoms in total. The first-order valence-electron chi connectivity index (χ1n) is 6.21. The lowest BCUT2D eigenvalue weighted by Crippen LogP contribution is -2.39. The number of carbonyl (C=O) groups excluding carboxylic acids is 1. The minimum Gasteiger partial charge on any atom is -0.481 e. The number of carboxylic acid groups (broad SMARTS) is 1. The maximum Gasteiger partial charge on any atom is 0.317 e. The van der Waals surface area contributed by atoms with Gasteiger partial charge in [0.25, 0.3) is 0 Å². The molecule has 1 aromatic rings. The maximum atomic E-state index is 12.0. The molecule has 2 heterocycles. The topological polar surface area (TPSA) is 87.5 Å². The monoisotopic (exact) mass is 266 g/mol. The average molecular weight is 266 g/mol. The number of rotatable bonds is 3. The van der Waals surface area contributed by atoms with E-state index < -0.39 is 11.9 Å². The third-order valence-corrected chi connectivity index (χ3v) is 3.56. The average Bonchev–Trinajstić information content (AvgIpc) is 2.92. The Balaban J connectivity index is 1.88. The first-order valence-corrected chi connectivity index (χ1v) is 6.21. The Morgan fingerprint density at radius 1 is 1.53 bits per heavy atom. The zero-order valence-electron chi connectivity index (χ0n) is 11.0. The largest absolute Gasteiger partial charge is 0.481 e. The van der Waals surface area contributed by atoms with Crippen molar-refractivity contribution in [1.29, 1.82) is 0 Å². The number of amides is 2. The van der Waals surface area contributed by atoms with Crippen molar-refractivity contribution in [3.05, 3.63) is 18.0 Å². The van der Waals surface area contributed by atoms with Crippen LogP contribution in [0, 0.1) is 11.8 Å². The molecule has 2 atom stereocenters. The second kappa shape index (κ2) is 5.29. The van der Waals surface area contributed by atoms with Crippen LogP contribution in [0.5, 0.6) is 0 Å². The van der Waals surface area contributed by atoms with Gasteiger partial charge < -0.3 is 15.3 Å². The van der Waals surface area contributed by atoms with Gasteiger partial charge in [-0.1, -0.05) is 6.92 Å². The van der Waals surface area contributed by atoms with E-state index in [4.69, 9.17) is 5.11 Å². The Morgan fingerprint density at radius 2 is 2.26 bits per heavy atom. The van der Waals surface area contributed by atoms with Gasteiger partial charge in [-0.3, -0.25) is 9.48 Å². The Hall–Kier alpha value is -2.05. The van der Waals surface area contributed by atoms with Crippen LogP contribution in [-0.4, -0.2) is 44.9 Å². The number of hydrogen-bond acceptors (Lipinski definition) is 3. The molecule has 0 saturated carbocycles. The molecule has 104 valence electrons. The SMILES string of the molecule is C[C@@H]1CN(C(=O)NCc2ccnn2C)C[C@H]1C(=O)O. The summed E-state index contributed by atoms with van der Waals surface area (Å²) in [6, 6.07) is 1.60. The fraction of sp³-hybridized carbons (Fsp3) is 0.583. The Morgan fingerprint density at radius 3 is 2.79 bits per heavy atom. The quantitative estimate of drug-likeness (QED) is 0.822. The summed E-state index contributed by atoms with van der Waals surface area (Å²) in [7, 11) is 1.81. The third-order valence-electron chi connectivity index (χ3n) is 3.56. The summed E-state index contributed by atoms with van der Waals surface area (Å²) >= 11 is 0. The first kappa shape index (κ1) is 13.4. The molecule has 0 aromatic carbocycles. The van der Waals surface area contributed by atoms with Crippen LogP contribution in [0.3, 0.4) is 0 Å². The van der Waals surface area contributed by atoms with E-state index in [9.17, 15) is 9.59 Å². The van der Waals surface area contributed by atoms with Crippen LogP contribution in [0.4, 0.5) is 4.79 Å². The Bertz CT molecular complexity index is 485. The Kier molecular flexibility index (Phi) is 3.73. The lowest BCUT2D eigenvalue weighted by molar-refractivity contribution is -0.142. The van der Waals surface area contributed by atoms with Crippen LogP contribution in [0.2, 0.25) is 0 Å². The predicted octanol–water partition coefficient (Wildman–Crippen LogP) is 0.282. The van der Waals surface area contributed by atoms with E-state index in [2.05, 4.69) is 10.4 Å². The summed E-state index contributed by atoms with van der Waals surface area (Å²) in [5.41, 5.74) is 0.898. The molecule has 1 saturated heterocycles. The van der Waals surface area contributed by atoms with Crippen LogP contribution in [0.1, 0.15) is 12.6 Å². The van der Waals surface area contributed by atoms with E-state index in [1.54, 1.807) is 22.8 Å². The van der Waals surface area contributed by atoms with Crippen LogP contribution in [-0.2, 0) is 18.4 Å². The number of carbonyl (C=O) groups is 2. The van der Waals surface area contributed by atoms with Gasteiger partial charge in [-0.15, -0.1) is 0 Å². The predicted molar refractivity (Wildman–Crippen MR) is 67.3 cm³/mol. The van der Waals surface area contributed by atoms with Crippen LogP contribution in [0.25, 0.3) is 0 Å². The highest BCUT2D eigenvalue weighted by Crippen LogP contribution is 2.22. The molecule has 0 bridgehead atoms. The summed E-state index contributed by atoms with van der Waals surface area (Å²) < 4.78 is 1.69. The second-order valence-electron chi connectivity index (χ2n) is 4.93. The molecular weight excluding hydrogens is 248 g/mol. The number of carboxylic acids is 1. The molecule has 1 aliphatic rings. The number of likely N-dealkylation sites (tertiary alicyclic amines) is 1. The van der Waals surface area contributed by atoms with Crippen molar-refractivity contribution in [3.8, 4) is 0 Å². The number of nitrogens with one attached hydrogen (secondary N) is 1. The number of aliphatic carboxylic acids is 1. The number of aromatic nitrogens is 2. The highest BCUT2D eigenvalue weighted by molar-refractivity contribution is 5.77. The summed E-state index contributed by atoms with van der Waals surface area (Å²) in [5, 5.41) is 15.8. The van der Waals surface area contributed by atoms with Crippen molar-refractivity contribution in [2.45, 2.75) is 13.5 Å². The highest BCUT2D eigenvalue weighted by atomic mass is 16.4. The second-order valence-corrected chi connectivity index (χ2v) is 4.93. The molecule has 1 aliphatic heterocycles.